The number of benzene rings is 4. The molecule has 0 fully saturated rings. The van der Waals surface area contributed by atoms with Gasteiger partial charge in [0.05, 0.1) is 46.9 Å². The van der Waals surface area contributed by atoms with Gasteiger partial charge < -0.3 is 9.64 Å². The molecule has 0 aliphatic rings. The van der Waals surface area contributed by atoms with Gasteiger partial charge in [0, 0.05) is 19.2 Å². The lowest BCUT2D eigenvalue weighted by Crippen LogP contribution is -2.22. The molecule has 204 valence electrons. The van der Waals surface area contributed by atoms with Crippen LogP contribution in [0.3, 0.4) is 0 Å². The summed E-state index contributed by atoms with van der Waals surface area (Å²) in [5, 5.41) is 26.3. The third-order valence-corrected chi connectivity index (χ3v) is 6.49. The van der Waals surface area contributed by atoms with Gasteiger partial charge in [-0.2, -0.15) is 30.7 Å². The van der Waals surface area contributed by atoms with E-state index in [0.717, 1.165) is 69.8 Å². The predicted molar refractivity (Wildman–Crippen MR) is 163 cm³/mol. The third-order valence-electron chi connectivity index (χ3n) is 6.49. The van der Waals surface area contributed by atoms with Gasteiger partial charge in [0.15, 0.2) is 0 Å². The fourth-order valence-corrected chi connectivity index (χ4v) is 4.09. The first-order chi connectivity index (χ1) is 19.4. The zero-order chi connectivity index (χ0) is 28.5. The number of methoxy groups -OCH3 is 1. The number of anilines is 1. The fourth-order valence-electron chi connectivity index (χ4n) is 4.09. The molecule has 4 rings (SSSR count). The normalized spacial score (nSPS) is 11.7. The molecule has 0 aromatic heterocycles. The van der Waals surface area contributed by atoms with Gasteiger partial charge in [0.1, 0.15) is 5.75 Å². The molecule has 4 aromatic carbocycles. The molecule has 0 radical (unpaired) electrons. The Hall–Kier alpha value is -4.72. The van der Waals surface area contributed by atoms with E-state index in [0.29, 0.717) is 0 Å². The first-order valence-corrected chi connectivity index (χ1v) is 13.4. The highest BCUT2D eigenvalue weighted by molar-refractivity contribution is 5.67. The average Bonchev–Trinajstić information content (AvgIpc) is 2.97. The third kappa shape index (κ3) is 7.22. The number of nitrogens with zero attached hydrogens (tertiary/aromatic N) is 7. The van der Waals surface area contributed by atoms with Crippen LogP contribution in [0.25, 0.3) is 0 Å². The van der Waals surface area contributed by atoms with E-state index in [4.69, 9.17) is 4.74 Å². The van der Waals surface area contributed by atoms with Crippen molar-refractivity contribution in [2.45, 2.75) is 34.6 Å². The molecule has 0 heterocycles. The van der Waals surface area contributed by atoms with Crippen LogP contribution < -0.4 is 9.64 Å². The molecule has 8 nitrogen and oxygen atoms in total. The van der Waals surface area contributed by atoms with E-state index in [1.807, 2.05) is 93.6 Å². The number of rotatable bonds is 10. The van der Waals surface area contributed by atoms with Crippen molar-refractivity contribution < 1.29 is 4.74 Å². The van der Waals surface area contributed by atoms with Crippen LogP contribution in [0.5, 0.6) is 5.75 Å². The van der Waals surface area contributed by atoms with Crippen LogP contribution in [0.1, 0.15) is 30.5 Å². The van der Waals surface area contributed by atoms with Gasteiger partial charge in [-0.15, -0.1) is 0 Å². The average molecular weight is 534 g/mol. The Labute approximate surface area is 236 Å². The Morgan fingerprint density at radius 3 is 1.57 bits per heavy atom. The maximum Gasteiger partial charge on any atom is 0.144 e. The minimum absolute atomic E-state index is 0.732. The molecule has 0 aliphatic heterocycles. The van der Waals surface area contributed by atoms with Gasteiger partial charge >= 0.3 is 0 Å². The molecule has 0 bridgehead atoms. The van der Waals surface area contributed by atoms with E-state index in [1.165, 1.54) is 5.56 Å². The molecule has 0 amide bonds. The smallest absolute Gasteiger partial charge is 0.144 e. The summed E-state index contributed by atoms with van der Waals surface area (Å²) >= 11 is 0. The molecule has 0 N–H and O–H groups in total. The van der Waals surface area contributed by atoms with Gasteiger partial charge in [0.2, 0.25) is 0 Å². The van der Waals surface area contributed by atoms with Crippen LogP contribution in [0.4, 0.5) is 39.8 Å². The predicted octanol–water partition coefficient (Wildman–Crippen LogP) is 10.7. The SMILES string of the molecule is CCN(CC)c1cc(C)c(N=Nc2ccc(N=Nc3ccc(N=Nc4ccc(C)cc4)cc3)c(C)c2)cc1OC. The van der Waals surface area contributed by atoms with Crippen molar-refractivity contribution in [3.63, 3.8) is 0 Å². The maximum atomic E-state index is 5.64. The Kier molecular flexibility index (Phi) is 9.46. The topological polar surface area (TPSA) is 86.6 Å². The molecule has 40 heavy (non-hydrogen) atoms. The van der Waals surface area contributed by atoms with Crippen LogP contribution in [0.15, 0.2) is 110 Å². The van der Waals surface area contributed by atoms with Crippen LogP contribution in [-0.2, 0) is 0 Å². The number of azo groups is 3. The summed E-state index contributed by atoms with van der Waals surface area (Å²) in [4.78, 5) is 2.26. The zero-order valence-corrected chi connectivity index (χ0v) is 24.0. The molecular weight excluding hydrogens is 498 g/mol. The molecular formula is C32H35N7O. The van der Waals surface area contributed by atoms with Gasteiger partial charge in [-0.3, -0.25) is 0 Å². The summed E-state index contributed by atoms with van der Waals surface area (Å²) in [6, 6.07) is 25.2. The number of hydrogen-bond acceptors (Lipinski definition) is 8. The molecule has 0 unspecified atom stereocenters. The van der Waals surface area contributed by atoms with E-state index >= 15 is 0 Å². The van der Waals surface area contributed by atoms with E-state index in [1.54, 1.807) is 7.11 Å². The van der Waals surface area contributed by atoms with Crippen molar-refractivity contribution >= 4 is 39.8 Å². The largest absolute Gasteiger partial charge is 0.495 e. The van der Waals surface area contributed by atoms with Crippen LogP contribution in [0.2, 0.25) is 0 Å². The Balaban J connectivity index is 1.43. The number of aryl methyl sites for hydroxylation is 3. The quantitative estimate of drug-likeness (QED) is 0.190. The first-order valence-electron chi connectivity index (χ1n) is 13.4. The van der Waals surface area contributed by atoms with Crippen LogP contribution in [-0.4, -0.2) is 20.2 Å². The van der Waals surface area contributed by atoms with Gasteiger partial charge in [0.25, 0.3) is 0 Å². The van der Waals surface area contributed by atoms with E-state index in [2.05, 4.69) is 55.5 Å². The molecule has 0 spiro atoms. The summed E-state index contributed by atoms with van der Waals surface area (Å²) in [6.07, 6.45) is 0. The van der Waals surface area contributed by atoms with E-state index in [9.17, 15) is 0 Å². The maximum absolute atomic E-state index is 5.64. The summed E-state index contributed by atoms with van der Waals surface area (Å²) in [7, 11) is 1.68. The lowest BCUT2D eigenvalue weighted by Gasteiger charge is -2.24. The lowest BCUT2D eigenvalue weighted by molar-refractivity contribution is 0.414. The van der Waals surface area contributed by atoms with Crippen LogP contribution >= 0.6 is 0 Å². The Morgan fingerprint density at radius 1 is 0.550 bits per heavy atom. The van der Waals surface area contributed by atoms with E-state index in [-0.39, 0.29) is 0 Å². The number of hydrogen-bond donors (Lipinski definition) is 0. The van der Waals surface area contributed by atoms with Gasteiger partial charge in [-0.05, 0) is 106 Å². The summed E-state index contributed by atoms with van der Waals surface area (Å²) < 4.78 is 5.64. The van der Waals surface area contributed by atoms with Crippen molar-refractivity contribution in [3.8, 4) is 5.75 Å². The highest BCUT2D eigenvalue weighted by Crippen LogP contribution is 2.36. The fraction of sp³-hybridized carbons (Fsp3) is 0.250. The van der Waals surface area contributed by atoms with Crippen LogP contribution in [0, 0.1) is 20.8 Å². The molecule has 4 aromatic rings. The zero-order valence-electron chi connectivity index (χ0n) is 24.0. The summed E-state index contributed by atoms with van der Waals surface area (Å²) in [6.45, 7) is 12.1. The molecule has 0 aliphatic carbocycles. The van der Waals surface area contributed by atoms with Gasteiger partial charge in [-0.1, -0.05) is 17.7 Å². The lowest BCUT2D eigenvalue weighted by atomic mass is 10.1. The standard InChI is InChI=1S/C32H35N7O/c1-7-39(8-2)31-20-24(5)30(21-32(31)40-6)38-36-28-17-18-29(23(4)19-28)37-35-27-15-13-26(14-16-27)34-33-25-11-9-22(3)10-12-25/h9-21H,7-8H2,1-6H3. The molecule has 0 saturated carbocycles. The van der Waals surface area contributed by atoms with Crippen molar-refractivity contribution in [2.24, 2.45) is 30.7 Å². The monoisotopic (exact) mass is 533 g/mol. The highest BCUT2D eigenvalue weighted by Gasteiger charge is 2.12. The Bertz CT molecular complexity index is 1520. The van der Waals surface area contributed by atoms with Gasteiger partial charge in [-0.25, -0.2) is 0 Å². The van der Waals surface area contributed by atoms with E-state index < -0.39 is 0 Å². The second-order valence-electron chi connectivity index (χ2n) is 9.41. The molecule has 0 saturated heterocycles. The van der Waals surface area contributed by atoms with Crippen molar-refractivity contribution in [3.05, 3.63) is 95.6 Å². The summed E-state index contributed by atoms with van der Waals surface area (Å²) in [5.41, 5.74) is 8.83. The minimum Gasteiger partial charge on any atom is -0.495 e. The van der Waals surface area contributed by atoms with Crippen molar-refractivity contribution in [1.29, 1.82) is 0 Å². The number of ether oxygens (including phenoxy) is 1. The Morgan fingerprint density at radius 2 is 1.02 bits per heavy atom. The van der Waals surface area contributed by atoms with Crippen molar-refractivity contribution in [1.82, 2.24) is 0 Å². The van der Waals surface area contributed by atoms with Crippen molar-refractivity contribution in [2.75, 3.05) is 25.1 Å². The second-order valence-corrected chi connectivity index (χ2v) is 9.41. The second kappa shape index (κ2) is 13.4. The first kappa shape index (κ1) is 28.3. The molecule has 0 atom stereocenters. The minimum atomic E-state index is 0.732. The highest BCUT2D eigenvalue weighted by atomic mass is 16.5. The summed E-state index contributed by atoms with van der Waals surface area (Å²) in [5.74, 6) is 0.789. The molecule has 8 heteroatoms.